The maximum Gasteiger partial charge on any atom is 0.197 e. The Labute approximate surface area is 71.5 Å². The molecule has 3 nitrogen and oxygen atoms in total. The molecule has 1 atom stereocenters. The summed E-state index contributed by atoms with van der Waals surface area (Å²) in [5.74, 6) is 0.797. The van der Waals surface area contributed by atoms with Crippen molar-refractivity contribution in [1.82, 2.24) is 0 Å². The van der Waals surface area contributed by atoms with Gasteiger partial charge in [0.05, 0.1) is 12.7 Å². The molecule has 5 heteroatoms. The molecule has 0 aromatic rings. The summed E-state index contributed by atoms with van der Waals surface area (Å²) in [5, 5.41) is 0. The summed E-state index contributed by atoms with van der Waals surface area (Å²) in [7, 11) is -2.30. The molecule has 0 amide bonds. The van der Waals surface area contributed by atoms with Gasteiger partial charge in [-0.05, 0) is 18.5 Å². The zero-order valence-corrected chi connectivity index (χ0v) is 8.49. The maximum atomic E-state index is 11.2. The number of hydrogen-bond donors (Lipinski definition) is 0. The first-order valence-electron chi connectivity index (χ1n) is 3.56. The third-order valence-electron chi connectivity index (χ3n) is 1.26. The van der Waals surface area contributed by atoms with Gasteiger partial charge in [-0.1, -0.05) is 0 Å². The van der Waals surface area contributed by atoms with Crippen molar-refractivity contribution in [2.75, 3.05) is 25.7 Å². The molecule has 0 radical (unpaired) electrons. The van der Waals surface area contributed by atoms with Gasteiger partial charge in [0.2, 0.25) is 0 Å². The Kier molecular flexibility index (Phi) is 3.44. The van der Waals surface area contributed by atoms with Crippen molar-refractivity contribution in [2.24, 2.45) is 0 Å². The van der Waals surface area contributed by atoms with E-state index in [-0.39, 0.29) is 6.10 Å². The lowest BCUT2D eigenvalue weighted by atomic mass is 10.3. The molecule has 0 aromatic heterocycles. The van der Waals surface area contributed by atoms with Gasteiger partial charge in [0.25, 0.3) is 0 Å². The van der Waals surface area contributed by atoms with Crippen LogP contribution in [0.2, 0.25) is 0 Å². The van der Waals surface area contributed by atoms with Gasteiger partial charge in [0.1, 0.15) is 0 Å². The van der Waals surface area contributed by atoms with Crippen LogP contribution in [0.5, 0.6) is 0 Å². The average Bonchev–Trinajstić information content (AvgIpc) is 1.85. The van der Waals surface area contributed by atoms with Crippen LogP contribution in [0.4, 0.5) is 0 Å². The zero-order chi connectivity index (χ0) is 8.32. The molecular weight excluding hydrogens is 183 g/mol. The van der Waals surface area contributed by atoms with Crippen LogP contribution < -0.4 is 0 Å². The van der Waals surface area contributed by atoms with Crippen molar-refractivity contribution >= 4 is 19.4 Å². The Balaban J connectivity index is 2.30. The molecule has 1 aliphatic rings. The summed E-state index contributed by atoms with van der Waals surface area (Å²) in [6, 6.07) is 0. The van der Waals surface area contributed by atoms with Crippen LogP contribution in [0.15, 0.2) is 0 Å². The second-order valence-corrected chi connectivity index (χ2v) is 6.39. The molecule has 1 unspecified atom stereocenters. The Morgan fingerprint density at radius 2 is 2.36 bits per heavy atom. The van der Waals surface area contributed by atoms with E-state index in [0.717, 1.165) is 12.2 Å². The topological polar surface area (TPSA) is 35.5 Å². The second kappa shape index (κ2) is 3.94. The third-order valence-corrected chi connectivity index (χ3v) is 2.91. The van der Waals surface area contributed by atoms with Crippen molar-refractivity contribution in [1.29, 1.82) is 0 Å². The van der Waals surface area contributed by atoms with Crippen LogP contribution in [0.1, 0.15) is 6.42 Å². The molecular formula is C6H13O3PS. The van der Waals surface area contributed by atoms with Crippen molar-refractivity contribution in [3.05, 3.63) is 0 Å². The first-order chi connectivity index (χ1) is 5.08. The van der Waals surface area contributed by atoms with E-state index in [2.05, 4.69) is 0 Å². The second-order valence-electron chi connectivity index (χ2n) is 2.87. The fourth-order valence-corrected chi connectivity index (χ4v) is 2.58. The molecule has 1 aliphatic heterocycles. The predicted octanol–water partition coefficient (Wildman–Crippen LogP) is 1.98. The maximum absolute atomic E-state index is 11.2. The smallest absolute Gasteiger partial charge is 0.197 e. The quantitative estimate of drug-likeness (QED) is 0.499. The number of hydrogen-bond acceptors (Lipinski definition) is 4. The largest absolute Gasteiger partial charge is 0.324 e. The van der Waals surface area contributed by atoms with Crippen LogP contribution in [-0.4, -0.2) is 31.8 Å². The van der Waals surface area contributed by atoms with Gasteiger partial charge in [-0.15, -0.1) is 0 Å². The third kappa shape index (κ3) is 4.16. The SMILES string of the molecule is CP(C)(=O)OC1CCOSC1. The predicted molar refractivity (Wildman–Crippen MR) is 47.4 cm³/mol. The van der Waals surface area contributed by atoms with E-state index in [0.29, 0.717) is 6.61 Å². The Morgan fingerprint density at radius 1 is 1.64 bits per heavy atom. The molecule has 1 fully saturated rings. The highest BCUT2D eigenvalue weighted by Gasteiger charge is 2.20. The minimum atomic E-state index is -2.30. The van der Waals surface area contributed by atoms with Crippen LogP contribution in [0.25, 0.3) is 0 Å². The van der Waals surface area contributed by atoms with Gasteiger partial charge in [-0.2, -0.15) is 0 Å². The van der Waals surface area contributed by atoms with Crippen molar-refractivity contribution in [2.45, 2.75) is 12.5 Å². The van der Waals surface area contributed by atoms with E-state index in [4.69, 9.17) is 8.71 Å². The molecule has 11 heavy (non-hydrogen) atoms. The Bertz CT molecular complexity index is 161. The molecule has 0 saturated carbocycles. The van der Waals surface area contributed by atoms with E-state index in [1.807, 2.05) is 0 Å². The summed E-state index contributed by atoms with van der Waals surface area (Å²) < 4.78 is 21.6. The Morgan fingerprint density at radius 3 is 2.82 bits per heavy atom. The fourth-order valence-electron chi connectivity index (χ4n) is 0.888. The van der Waals surface area contributed by atoms with Crippen LogP contribution in [0.3, 0.4) is 0 Å². The van der Waals surface area contributed by atoms with E-state index < -0.39 is 7.37 Å². The molecule has 1 saturated heterocycles. The molecule has 1 heterocycles. The van der Waals surface area contributed by atoms with Crippen molar-refractivity contribution < 1.29 is 13.3 Å². The highest BCUT2D eigenvalue weighted by Crippen LogP contribution is 2.40. The Hall–Kier alpha value is 0.500. The van der Waals surface area contributed by atoms with E-state index in [9.17, 15) is 4.57 Å². The van der Waals surface area contributed by atoms with Crippen molar-refractivity contribution in [3.8, 4) is 0 Å². The molecule has 0 N–H and O–H groups in total. The summed E-state index contributed by atoms with van der Waals surface area (Å²) in [6.45, 7) is 4.00. The van der Waals surface area contributed by atoms with Gasteiger partial charge in [0.15, 0.2) is 7.37 Å². The molecule has 0 aliphatic carbocycles. The van der Waals surface area contributed by atoms with E-state index in [1.165, 1.54) is 12.0 Å². The van der Waals surface area contributed by atoms with Gasteiger partial charge >= 0.3 is 0 Å². The summed E-state index contributed by atoms with van der Waals surface area (Å²) in [6.07, 6.45) is 0.980. The van der Waals surface area contributed by atoms with E-state index >= 15 is 0 Å². The van der Waals surface area contributed by atoms with Gasteiger partial charge < -0.3 is 8.71 Å². The fraction of sp³-hybridized carbons (Fsp3) is 1.00. The molecule has 0 aromatic carbocycles. The summed E-state index contributed by atoms with van der Waals surface area (Å²) in [5.41, 5.74) is 0. The molecule has 1 rings (SSSR count). The molecule has 66 valence electrons. The lowest BCUT2D eigenvalue weighted by Gasteiger charge is -2.22. The van der Waals surface area contributed by atoms with Gasteiger partial charge in [-0.3, -0.25) is 4.57 Å². The summed E-state index contributed by atoms with van der Waals surface area (Å²) >= 11 is 1.40. The lowest BCUT2D eigenvalue weighted by Crippen LogP contribution is -2.20. The monoisotopic (exact) mass is 196 g/mol. The number of rotatable bonds is 2. The van der Waals surface area contributed by atoms with Crippen molar-refractivity contribution in [3.63, 3.8) is 0 Å². The standard InChI is InChI=1S/C6H13O3PS/c1-10(2,7)9-6-3-4-8-11-5-6/h6H,3-5H2,1-2H3. The first kappa shape index (κ1) is 9.59. The summed E-state index contributed by atoms with van der Waals surface area (Å²) in [4.78, 5) is 0. The average molecular weight is 196 g/mol. The van der Waals surface area contributed by atoms with E-state index in [1.54, 1.807) is 13.3 Å². The lowest BCUT2D eigenvalue weighted by molar-refractivity contribution is 0.178. The molecule has 0 spiro atoms. The molecule has 0 bridgehead atoms. The first-order valence-corrected chi connectivity index (χ1v) is 6.99. The highest BCUT2D eigenvalue weighted by atomic mass is 32.2. The highest BCUT2D eigenvalue weighted by molar-refractivity contribution is 7.94. The minimum absolute atomic E-state index is 0.120. The minimum Gasteiger partial charge on any atom is -0.324 e. The van der Waals surface area contributed by atoms with Crippen LogP contribution >= 0.6 is 19.4 Å². The van der Waals surface area contributed by atoms with Gasteiger partial charge in [0, 0.05) is 19.1 Å². The van der Waals surface area contributed by atoms with Crippen LogP contribution in [0, 0.1) is 0 Å². The zero-order valence-electron chi connectivity index (χ0n) is 6.78. The normalized spacial score (nSPS) is 26.9. The van der Waals surface area contributed by atoms with Gasteiger partial charge in [-0.25, -0.2) is 0 Å². The van der Waals surface area contributed by atoms with Crippen LogP contribution in [-0.2, 0) is 13.3 Å².